The molecule has 2 rings (SSSR count). The van der Waals surface area contributed by atoms with E-state index in [1.54, 1.807) is 25.1 Å². The van der Waals surface area contributed by atoms with Gasteiger partial charge in [-0.1, -0.05) is 29.8 Å². The van der Waals surface area contributed by atoms with E-state index >= 15 is 0 Å². The van der Waals surface area contributed by atoms with E-state index < -0.39 is 17.9 Å². The number of carbonyl (C=O) groups excluding carboxylic acids is 2. The van der Waals surface area contributed by atoms with Crippen molar-refractivity contribution in [3.63, 3.8) is 0 Å². The zero-order chi connectivity index (χ0) is 20.0. The molecule has 1 unspecified atom stereocenters. The molecule has 27 heavy (non-hydrogen) atoms. The van der Waals surface area contributed by atoms with Crippen LogP contribution in [0.5, 0.6) is 11.5 Å². The van der Waals surface area contributed by atoms with Crippen molar-refractivity contribution in [3.05, 3.63) is 57.0 Å². The van der Waals surface area contributed by atoms with Crippen LogP contribution in [-0.4, -0.2) is 24.5 Å². The Morgan fingerprint density at radius 2 is 1.81 bits per heavy atom. The number of rotatable bonds is 6. The van der Waals surface area contributed by atoms with E-state index in [1.807, 2.05) is 32.0 Å². The van der Waals surface area contributed by atoms with Gasteiger partial charge in [0.15, 0.2) is 12.7 Å². The first-order valence-corrected chi connectivity index (χ1v) is 9.34. The number of carbonyl (C=O) groups is 2. The molecule has 0 spiro atoms. The maximum atomic E-state index is 12.1. The second kappa shape index (κ2) is 9.62. The highest BCUT2D eigenvalue weighted by atomic mass is 79.9. The summed E-state index contributed by atoms with van der Waals surface area (Å²) in [6.07, 6.45) is -0.781. The summed E-state index contributed by atoms with van der Waals surface area (Å²) in [4.78, 5) is 24.0. The molecule has 0 saturated heterocycles. The number of ether oxygens (including phenoxy) is 2. The highest BCUT2D eigenvalue weighted by Gasteiger charge is 2.17. The van der Waals surface area contributed by atoms with E-state index in [2.05, 4.69) is 26.8 Å². The molecule has 144 valence electrons. The molecule has 8 heteroatoms. The van der Waals surface area contributed by atoms with E-state index in [9.17, 15) is 9.59 Å². The number of nitrogens with one attached hydrogen (secondary N) is 2. The van der Waals surface area contributed by atoms with Crippen molar-refractivity contribution < 1.29 is 19.1 Å². The van der Waals surface area contributed by atoms with Gasteiger partial charge in [-0.05, 0) is 66.0 Å². The average molecular weight is 456 g/mol. The summed E-state index contributed by atoms with van der Waals surface area (Å²) in [7, 11) is 0. The second-order valence-corrected chi connectivity index (χ2v) is 7.17. The van der Waals surface area contributed by atoms with E-state index in [1.165, 1.54) is 0 Å². The third kappa shape index (κ3) is 6.15. The first kappa shape index (κ1) is 21.1. The maximum Gasteiger partial charge on any atom is 0.279 e. The molecule has 2 aromatic carbocycles. The lowest BCUT2D eigenvalue weighted by atomic mass is 10.1. The van der Waals surface area contributed by atoms with Crippen LogP contribution in [0.2, 0.25) is 5.02 Å². The van der Waals surface area contributed by atoms with Crippen LogP contribution in [0.1, 0.15) is 18.1 Å². The normalized spacial score (nSPS) is 11.4. The van der Waals surface area contributed by atoms with Crippen LogP contribution in [0.15, 0.2) is 40.9 Å². The Bertz CT molecular complexity index is 824. The van der Waals surface area contributed by atoms with Gasteiger partial charge in [0.05, 0.1) is 4.47 Å². The molecule has 0 saturated carbocycles. The topological polar surface area (TPSA) is 76.7 Å². The van der Waals surface area contributed by atoms with Gasteiger partial charge in [-0.2, -0.15) is 0 Å². The van der Waals surface area contributed by atoms with E-state index in [-0.39, 0.29) is 6.61 Å². The van der Waals surface area contributed by atoms with Gasteiger partial charge in [0, 0.05) is 5.02 Å². The van der Waals surface area contributed by atoms with Gasteiger partial charge in [-0.15, -0.1) is 0 Å². The molecular formula is C19H20BrClN2O4. The van der Waals surface area contributed by atoms with Crippen molar-refractivity contribution in [1.82, 2.24) is 10.9 Å². The quantitative estimate of drug-likeness (QED) is 0.651. The van der Waals surface area contributed by atoms with Crippen molar-refractivity contribution in [2.24, 2.45) is 0 Å². The van der Waals surface area contributed by atoms with Crippen LogP contribution in [0, 0.1) is 13.8 Å². The van der Waals surface area contributed by atoms with Gasteiger partial charge in [0.1, 0.15) is 11.5 Å². The van der Waals surface area contributed by atoms with Gasteiger partial charge < -0.3 is 9.47 Å². The van der Waals surface area contributed by atoms with Crippen LogP contribution < -0.4 is 20.3 Å². The minimum atomic E-state index is -0.781. The van der Waals surface area contributed by atoms with Gasteiger partial charge in [0.25, 0.3) is 11.8 Å². The predicted octanol–water partition coefficient (Wildman–Crippen LogP) is 3.71. The lowest BCUT2D eigenvalue weighted by molar-refractivity contribution is -0.133. The summed E-state index contributed by atoms with van der Waals surface area (Å²) in [5.74, 6) is 0.137. The minimum Gasteiger partial charge on any atom is -0.483 e. The van der Waals surface area contributed by atoms with E-state index in [0.29, 0.717) is 21.0 Å². The summed E-state index contributed by atoms with van der Waals surface area (Å²) in [5, 5.41) is 0.545. The smallest absolute Gasteiger partial charge is 0.279 e. The van der Waals surface area contributed by atoms with E-state index in [4.69, 9.17) is 21.1 Å². The Kier molecular flexibility index (Phi) is 7.50. The Morgan fingerprint density at radius 1 is 1.15 bits per heavy atom. The molecule has 0 aromatic heterocycles. The van der Waals surface area contributed by atoms with Gasteiger partial charge in [-0.3, -0.25) is 20.4 Å². The van der Waals surface area contributed by atoms with Crippen molar-refractivity contribution in [2.75, 3.05) is 6.61 Å². The Balaban J connectivity index is 1.81. The SMILES string of the molecule is Cc1cccc(C)c1OC(C)C(=O)NNC(=O)COc1ccc(Cl)cc1Br. The Labute approximate surface area is 171 Å². The van der Waals surface area contributed by atoms with Crippen LogP contribution in [0.4, 0.5) is 0 Å². The number of hydrogen-bond acceptors (Lipinski definition) is 4. The number of hydrazine groups is 1. The largest absolute Gasteiger partial charge is 0.483 e. The molecule has 0 aliphatic rings. The predicted molar refractivity (Wildman–Crippen MR) is 107 cm³/mol. The maximum absolute atomic E-state index is 12.1. The zero-order valence-electron chi connectivity index (χ0n) is 15.1. The first-order chi connectivity index (χ1) is 12.8. The lowest BCUT2D eigenvalue weighted by Crippen LogP contribution is -2.48. The number of benzene rings is 2. The molecule has 2 amide bonds. The second-order valence-electron chi connectivity index (χ2n) is 5.88. The highest BCUT2D eigenvalue weighted by molar-refractivity contribution is 9.10. The fourth-order valence-electron chi connectivity index (χ4n) is 2.22. The van der Waals surface area contributed by atoms with Crippen molar-refractivity contribution in [3.8, 4) is 11.5 Å². The summed E-state index contributed by atoms with van der Waals surface area (Å²) in [6.45, 7) is 5.14. The summed E-state index contributed by atoms with van der Waals surface area (Å²) in [6, 6.07) is 10.7. The van der Waals surface area contributed by atoms with Crippen LogP contribution >= 0.6 is 27.5 Å². The number of hydrogen-bond donors (Lipinski definition) is 2. The summed E-state index contributed by atoms with van der Waals surface area (Å²) in [5.41, 5.74) is 6.48. The molecule has 0 fully saturated rings. The monoisotopic (exact) mass is 454 g/mol. The molecule has 6 nitrogen and oxygen atoms in total. The summed E-state index contributed by atoms with van der Waals surface area (Å²) >= 11 is 9.14. The van der Waals surface area contributed by atoms with Crippen LogP contribution in [-0.2, 0) is 9.59 Å². The number of amides is 2. The fraction of sp³-hybridized carbons (Fsp3) is 0.263. The Hall–Kier alpha value is -2.25. The molecule has 0 aliphatic heterocycles. The molecular weight excluding hydrogens is 436 g/mol. The van der Waals surface area contributed by atoms with Gasteiger partial charge in [-0.25, -0.2) is 0 Å². The molecule has 0 aliphatic carbocycles. The third-order valence-electron chi connectivity index (χ3n) is 3.65. The van der Waals surface area contributed by atoms with Gasteiger partial charge >= 0.3 is 0 Å². The van der Waals surface area contributed by atoms with E-state index in [0.717, 1.165) is 11.1 Å². The lowest BCUT2D eigenvalue weighted by Gasteiger charge is -2.18. The number of aryl methyl sites for hydroxylation is 2. The zero-order valence-corrected chi connectivity index (χ0v) is 17.5. The van der Waals surface area contributed by atoms with Gasteiger partial charge in [0.2, 0.25) is 0 Å². The number of para-hydroxylation sites is 1. The summed E-state index contributed by atoms with van der Waals surface area (Å²) < 4.78 is 11.7. The third-order valence-corrected chi connectivity index (χ3v) is 4.51. The standard InChI is InChI=1S/C19H20BrClN2O4/c1-11-5-4-6-12(2)18(11)27-13(3)19(25)23-22-17(24)10-26-16-8-7-14(21)9-15(16)20/h4-9,13H,10H2,1-3H3,(H,22,24)(H,23,25). The van der Waals surface area contributed by atoms with Crippen LogP contribution in [0.25, 0.3) is 0 Å². The molecule has 2 N–H and O–H groups in total. The average Bonchev–Trinajstić information content (AvgIpc) is 2.62. The first-order valence-electron chi connectivity index (χ1n) is 8.17. The molecule has 0 heterocycles. The van der Waals surface area contributed by atoms with Crippen molar-refractivity contribution >= 4 is 39.3 Å². The van der Waals surface area contributed by atoms with Crippen LogP contribution in [0.3, 0.4) is 0 Å². The Morgan fingerprint density at radius 3 is 2.44 bits per heavy atom. The van der Waals surface area contributed by atoms with Crippen molar-refractivity contribution in [1.29, 1.82) is 0 Å². The number of halogens is 2. The molecule has 0 radical (unpaired) electrons. The minimum absolute atomic E-state index is 0.271. The molecule has 1 atom stereocenters. The van der Waals surface area contributed by atoms with Crippen molar-refractivity contribution in [2.45, 2.75) is 26.9 Å². The molecule has 0 bridgehead atoms. The molecule has 2 aromatic rings. The highest BCUT2D eigenvalue weighted by Crippen LogP contribution is 2.27. The fourth-order valence-corrected chi connectivity index (χ4v) is 3.02.